The van der Waals surface area contributed by atoms with Gasteiger partial charge in [0.1, 0.15) is 11.3 Å². The summed E-state index contributed by atoms with van der Waals surface area (Å²) in [5.41, 5.74) is -1.84. The van der Waals surface area contributed by atoms with Gasteiger partial charge in [-0.3, -0.25) is 9.59 Å². The van der Waals surface area contributed by atoms with Gasteiger partial charge in [-0.15, -0.1) is 0 Å². The largest absolute Gasteiger partial charge is 0.493 e. The number of carbonyl (C=O) groups excluding carboxylic acids is 3. The topological polar surface area (TPSA) is 76.2 Å². The van der Waals surface area contributed by atoms with Crippen molar-refractivity contribution >= 4 is 23.6 Å². The van der Waals surface area contributed by atoms with E-state index >= 15 is 0 Å². The predicted octanol–water partition coefficient (Wildman–Crippen LogP) is 4.18. The van der Waals surface area contributed by atoms with Crippen LogP contribution in [-0.4, -0.2) is 41.6 Å². The molecule has 7 nitrogen and oxygen atoms in total. The molecule has 0 saturated carbocycles. The Balaban J connectivity index is 1.63. The Kier molecular flexibility index (Phi) is 4.89. The minimum absolute atomic E-state index is 0.00173. The number of alkyl halides is 3. The van der Waals surface area contributed by atoms with E-state index in [-0.39, 0.29) is 18.9 Å². The van der Waals surface area contributed by atoms with Crippen molar-refractivity contribution in [3.8, 4) is 5.75 Å². The molecule has 0 radical (unpaired) electrons. The third kappa shape index (κ3) is 2.93. The SMILES string of the molecule is CCOC(=O)[C@@H]1[C@H]2COc3ccccc3[C@@H]2N2C(=O)N(c3ccc(C(F)(F)F)cc3)C(=O)[C@@]12C. The maximum Gasteiger partial charge on any atom is 0.416 e. The summed E-state index contributed by atoms with van der Waals surface area (Å²) in [6, 6.07) is 9.53. The summed E-state index contributed by atoms with van der Waals surface area (Å²) in [6.07, 6.45) is -4.56. The van der Waals surface area contributed by atoms with Crippen molar-refractivity contribution in [3.05, 3.63) is 59.7 Å². The van der Waals surface area contributed by atoms with E-state index in [9.17, 15) is 27.6 Å². The van der Waals surface area contributed by atoms with Crippen molar-refractivity contribution in [1.82, 2.24) is 4.90 Å². The number of nitrogens with zero attached hydrogens (tertiary/aromatic N) is 2. The minimum Gasteiger partial charge on any atom is -0.493 e. The molecular formula is C24H21F3N2O5. The molecule has 3 heterocycles. The lowest BCUT2D eigenvalue weighted by Gasteiger charge is -2.34. The van der Waals surface area contributed by atoms with E-state index in [1.165, 1.54) is 11.8 Å². The smallest absolute Gasteiger partial charge is 0.416 e. The molecule has 2 aromatic rings. The Morgan fingerprint density at radius 2 is 1.82 bits per heavy atom. The second kappa shape index (κ2) is 7.48. The third-order valence-corrected chi connectivity index (χ3v) is 6.91. The highest BCUT2D eigenvalue weighted by Gasteiger charge is 2.72. The molecule has 0 bridgehead atoms. The number of anilines is 1. The highest BCUT2D eigenvalue weighted by molar-refractivity contribution is 6.24. The summed E-state index contributed by atoms with van der Waals surface area (Å²) in [5.74, 6) is -2.31. The van der Waals surface area contributed by atoms with Crippen LogP contribution in [0.15, 0.2) is 48.5 Å². The van der Waals surface area contributed by atoms with E-state index < -0.39 is 53.1 Å². The monoisotopic (exact) mass is 474 g/mol. The molecule has 4 atom stereocenters. The van der Waals surface area contributed by atoms with Crippen LogP contribution in [0.4, 0.5) is 23.7 Å². The van der Waals surface area contributed by atoms with E-state index in [1.807, 2.05) is 0 Å². The van der Waals surface area contributed by atoms with Crippen LogP contribution in [0.2, 0.25) is 0 Å². The van der Waals surface area contributed by atoms with Crippen LogP contribution < -0.4 is 9.64 Å². The predicted molar refractivity (Wildman–Crippen MR) is 113 cm³/mol. The number of para-hydroxylation sites is 1. The first-order valence-corrected chi connectivity index (χ1v) is 10.8. The lowest BCUT2D eigenvalue weighted by atomic mass is 9.77. The fraction of sp³-hybridized carbons (Fsp3) is 0.375. The minimum atomic E-state index is -4.56. The summed E-state index contributed by atoms with van der Waals surface area (Å²) in [6.45, 7) is 3.36. The van der Waals surface area contributed by atoms with Crippen LogP contribution in [0.1, 0.15) is 31.0 Å². The van der Waals surface area contributed by atoms with Crippen LogP contribution in [0.3, 0.4) is 0 Å². The van der Waals surface area contributed by atoms with Crippen molar-refractivity contribution in [1.29, 1.82) is 0 Å². The summed E-state index contributed by atoms with van der Waals surface area (Å²) < 4.78 is 50.2. The summed E-state index contributed by atoms with van der Waals surface area (Å²) in [7, 11) is 0. The van der Waals surface area contributed by atoms with Crippen molar-refractivity contribution in [2.24, 2.45) is 11.8 Å². The molecule has 3 amide bonds. The lowest BCUT2D eigenvalue weighted by molar-refractivity contribution is -0.154. The van der Waals surface area contributed by atoms with E-state index in [1.54, 1.807) is 31.2 Å². The number of esters is 1. The standard InChI is InChI=1S/C24H21F3N2O5/c1-3-33-20(30)18-16-12-34-17-7-5-4-6-15(17)19(16)29-22(32)28(21(31)23(18,29)2)14-10-8-13(9-11-14)24(25,26)27/h4-11,16,18-19H,3,12H2,1-2H3/t16-,18+,19+,23-/m1/s1. The quantitative estimate of drug-likeness (QED) is 0.493. The molecular weight excluding hydrogens is 453 g/mol. The Morgan fingerprint density at radius 3 is 2.47 bits per heavy atom. The number of rotatable bonds is 3. The molecule has 34 heavy (non-hydrogen) atoms. The van der Waals surface area contributed by atoms with Crippen molar-refractivity contribution in [2.75, 3.05) is 18.1 Å². The number of fused-ring (bicyclic) bond motifs is 5. The van der Waals surface area contributed by atoms with Gasteiger partial charge in [0.05, 0.1) is 36.4 Å². The Bertz CT molecular complexity index is 1180. The number of carbonyl (C=O) groups is 3. The highest BCUT2D eigenvalue weighted by Crippen LogP contribution is 2.58. The highest BCUT2D eigenvalue weighted by atomic mass is 19.4. The zero-order valence-electron chi connectivity index (χ0n) is 18.3. The Labute approximate surface area is 193 Å². The number of ether oxygens (including phenoxy) is 2. The van der Waals surface area contributed by atoms with Crippen LogP contribution in [0, 0.1) is 11.8 Å². The maximum absolute atomic E-state index is 13.8. The molecule has 3 aliphatic heterocycles. The second-order valence-electron chi connectivity index (χ2n) is 8.67. The van der Waals surface area contributed by atoms with Crippen LogP contribution in [0.25, 0.3) is 0 Å². The lowest BCUT2D eigenvalue weighted by Crippen LogP contribution is -2.51. The van der Waals surface area contributed by atoms with Gasteiger partial charge in [-0.25, -0.2) is 9.69 Å². The summed E-state index contributed by atoms with van der Waals surface area (Å²) in [5, 5.41) is 0. The van der Waals surface area contributed by atoms with E-state index in [0.29, 0.717) is 11.3 Å². The van der Waals surface area contributed by atoms with Gasteiger partial charge in [-0.1, -0.05) is 18.2 Å². The Hall–Kier alpha value is -3.56. The number of imide groups is 1. The van der Waals surface area contributed by atoms with Gasteiger partial charge in [-0.05, 0) is 44.2 Å². The molecule has 0 aromatic heterocycles. The second-order valence-corrected chi connectivity index (χ2v) is 8.67. The van der Waals surface area contributed by atoms with Gasteiger partial charge < -0.3 is 14.4 Å². The molecule has 0 spiro atoms. The molecule has 2 aromatic carbocycles. The summed E-state index contributed by atoms with van der Waals surface area (Å²) in [4.78, 5) is 42.8. The van der Waals surface area contributed by atoms with Crippen LogP contribution >= 0.6 is 0 Å². The molecule has 2 saturated heterocycles. The van der Waals surface area contributed by atoms with Gasteiger partial charge in [0, 0.05) is 11.5 Å². The van der Waals surface area contributed by atoms with Crippen molar-refractivity contribution in [2.45, 2.75) is 31.6 Å². The molecule has 0 N–H and O–H groups in total. The van der Waals surface area contributed by atoms with Gasteiger partial charge in [0.25, 0.3) is 5.91 Å². The van der Waals surface area contributed by atoms with Gasteiger partial charge in [0.2, 0.25) is 0 Å². The van der Waals surface area contributed by atoms with Crippen LogP contribution in [0.5, 0.6) is 5.75 Å². The number of hydrogen-bond acceptors (Lipinski definition) is 5. The van der Waals surface area contributed by atoms with Gasteiger partial charge >= 0.3 is 18.2 Å². The van der Waals surface area contributed by atoms with Crippen molar-refractivity contribution in [3.63, 3.8) is 0 Å². The number of hydrogen-bond donors (Lipinski definition) is 0. The molecule has 10 heteroatoms. The van der Waals surface area contributed by atoms with E-state index in [4.69, 9.17) is 9.47 Å². The van der Waals surface area contributed by atoms with Crippen LogP contribution in [-0.2, 0) is 20.5 Å². The molecule has 0 unspecified atom stereocenters. The van der Waals surface area contributed by atoms with Gasteiger partial charge in [0.15, 0.2) is 0 Å². The average molecular weight is 474 g/mol. The zero-order valence-corrected chi connectivity index (χ0v) is 18.3. The molecule has 178 valence electrons. The first-order chi connectivity index (χ1) is 16.1. The number of urea groups is 1. The summed E-state index contributed by atoms with van der Waals surface area (Å²) >= 11 is 0. The maximum atomic E-state index is 13.8. The fourth-order valence-electron chi connectivity index (χ4n) is 5.47. The molecule has 2 fully saturated rings. The molecule has 0 aliphatic carbocycles. The third-order valence-electron chi connectivity index (χ3n) is 6.91. The normalized spacial score (nSPS) is 27.7. The number of amides is 3. The number of benzene rings is 2. The van der Waals surface area contributed by atoms with Crippen molar-refractivity contribution < 1.29 is 37.0 Å². The van der Waals surface area contributed by atoms with E-state index in [0.717, 1.165) is 29.2 Å². The number of halogens is 3. The first-order valence-electron chi connectivity index (χ1n) is 10.8. The zero-order chi connectivity index (χ0) is 24.4. The Morgan fingerprint density at radius 1 is 1.15 bits per heavy atom. The van der Waals surface area contributed by atoms with E-state index in [2.05, 4.69) is 0 Å². The molecule has 3 aliphatic rings. The van der Waals surface area contributed by atoms with Gasteiger partial charge in [-0.2, -0.15) is 13.2 Å². The average Bonchev–Trinajstić information content (AvgIpc) is 3.18. The molecule has 5 rings (SSSR count). The fourth-order valence-corrected chi connectivity index (χ4v) is 5.47. The first kappa shape index (κ1) is 22.2.